The molecule has 0 radical (unpaired) electrons. The Morgan fingerprint density at radius 2 is 2.12 bits per heavy atom. The van der Waals surface area contributed by atoms with E-state index in [0.717, 1.165) is 0 Å². The third-order valence-electron chi connectivity index (χ3n) is 4.87. The molecule has 0 aliphatic rings. The molecule has 0 unspecified atom stereocenters. The van der Waals surface area contributed by atoms with Crippen molar-refractivity contribution in [2.45, 2.75) is 39.7 Å². The van der Waals surface area contributed by atoms with Gasteiger partial charge in [-0.25, -0.2) is 24.4 Å². The van der Waals surface area contributed by atoms with E-state index in [4.69, 9.17) is 26.8 Å². The summed E-state index contributed by atoms with van der Waals surface area (Å²) in [5, 5.41) is 7.91. The number of pyridine rings is 1. The fraction of sp³-hybridized carbons (Fsp3) is 0.409. The number of carbonyl (C=O) groups is 1. The van der Waals surface area contributed by atoms with Crippen LogP contribution in [0.5, 0.6) is 5.88 Å². The van der Waals surface area contributed by atoms with Gasteiger partial charge in [0, 0.05) is 25.7 Å². The second kappa shape index (κ2) is 11.0. The van der Waals surface area contributed by atoms with Crippen molar-refractivity contribution in [3.8, 4) is 17.3 Å². The second-order valence-electron chi connectivity index (χ2n) is 7.36. The van der Waals surface area contributed by atoms with Crippen LogP contribution >= 0.6 is 11.6 Å². The summed E-state index contributed by atoms with van der Waals surface area (Å²) in [4.78, 5) is 25.3. The highest BCUT2D eigenvalue weighted by atomic mass is 35.5. The lowest BCUT2D eigenvalue weighted by molar-refractivity contribution is 0.0525. The molecule has 3 N–H and O–H groups in total. The Kier molecular flexibility index (Phi) is 8.05. The van der Waals surface area contributed by atoms with Gasteiger partial charge in [-0.3, -0.25) is 0 Å². The van der Waals surface area contributed by atoms with Crippen molar-refractivity contribution >= 4 is 29.1 Å². The molecule has 33 heavy (non-hydrogen) atoms. The topological polar surface area (TPSA) is 130 Å². The molecule has 0 spiro atoms. The standard InChI is InChI=1S/C22H28ClN7O3/c1-5-15-19(22(31)32-6-2)16(11-17(23)28-15)27-13(3)8-10-33-21-14(12-26-30(21)4)20-25-9-7-18(24)29-20/h7,9,11-13H,5-6,8,10H2,1-4H3,(H,27,28)(H2,24,25,29)/t13-/m0/s1. The van der Waals surface area contributed by atoms with Crippen LogP contribution < -0.4 is 15.8 Å². The number of ether oxygens (including phenoxy) is 2. The minimum absolute atomic E-state index is 0.0401. The summed E-state index contributed by atoms with van der Waals surface area (Å²) in [5.41, 5.74) is 8.02. The highest BCUT2D eigenvalue weighted by molar-refractivity contribution is 6.29. The number of esters is 1. The molecule has 11 heteroatoms. The molecule has 3 heterocycles. The van der Waals surface area contributed by atoms with Crippen molar-refractivity contribution in [1.82, 2.24) is 24.7 Å². The molecule has 1 atom stereocenters. The normalized spacial score (nSPS) is 11.8. The van der Waals surface area contributed by atoms with Crippen molar-refractivity contribution < 1.29 is 14.3 Å². The van der Waals surface area contributed by atoms with E-state index < -0.39 is 5.97 Å². The largest absolute Gasteiger partial charge is 0.477 e. The van der Waals surface area contributed by atoms with Crippen LogP contribution in [-0.2, 0) is 18.2 Å². The number of nitrogen functional groups attached to an aromatic ring is 1. The van der Waals surface area contributed by atoms with Crippen LogP contribution in [0.15, 0.2) is 24.5 Å². The van der Waals surface area contributed by atoms with E-state index in [0.29, 0.717) is 64.6 Å². The lowest BCUT2D eigenvalue weighted by atomic mass is 10.1. The SMILES string of the molecule is CCOC(=O)c1c(N[C@@H](C)CCOc2c(-c3nccc(N)n3)cnn2C)cc(Cl)nc1CC. The van der Waals surface area contributed by atoms with E-state index in [9.17, 15) is 4.79 Å². The average molecular weight is 474 g/mol. The van der Waals surface area contributed by atoms with Gasteiger partial charge in [0.2, 0.25) is 5.88 Å². The predicted octanol–water partition coefficient (Wildman–Crippen LogP) is 3.52. The number of hydrogen-bond acceptors (Lipinski definition) is 9. The molecule has 0 aliphatic heterocycles. The maximum atomic E-state index is 12.5. The van der Waals surface area contributed by atoms with Gasteiger partial charge in [0.1, 0.15) is 22.1 Å². The number of aromatic nitrogens is 5. The molecule has 10 nitrogen and oxygen atoms in total. The molecule has 3 aromatic heterocycles. The minimum atomic E-state index is -0.425. The summed E-state index contributed by atoms with van der Waals surface area (Å²) >= 11 is 6.18. The lowest BCUT2D eigenvalue weighted by Crippen LogP contribution is -2.22. The van der Waals surface area contributed by atoms with E-state index in [-0.39, 0.29) is 12.6 Å². The molecule has 0 saturated carbocycles. The average Bonchev–Trinajstić information content (AvgIpc) is 3.13. The van der Waals surface area contributed by atoms with Gasteiger partial charge in [0.15, 0.2) is 5.82 Å². The monoisotopic (exact) mass is 473 g/mol. The van der Waals surface area contributed by atoms with Crippen molar-refractivity contribution in [2.24, 2.45) is 7.05 Å². The number of nitrogens with two attached hydrogens (primary N) is 1. The Balaban J connectivity index is 1.70. The smallest absolute Gasteiger partial charge is 0.342 e. The fourth-order valence-electron chi connectivity index (χ4n) is 3.29. The number of nitrogens with zero attached hydrogens (tertiary/aromatic N) is 5. The Labute approximate surface area is 197 Å². The molecular weight excluding hydrogens is 446 g/mol. The van der Waals surface area contributed by atoms with Gasteiger partial charge in [0.25, 0.3) is 0 Å². The van der Waals surface area contributed by atoms with Crippen molar-refractivity contribution in [3.63, 3.8) is 0 Å². The van der Waals surface area contributed by atoms with Gasteiger partial charge < -0.3 is 20.5 Å². The van der Waals surface area contributed by atoms with E-state index in [1.165, 1.54) is 0 Å². The third-order valence-corrected chi connectivity index (χ3v) is 5.07. The van der Waals surface area contributed by atoms with E-state index in [1.807, 2.05) is 13.8 Å². The molecule has 3 aromatic rings. The van der Waals surface area contributed by atoms with Gasteiger partial charge >= 0.3 is 5.97 Å². The molecule has 0 amide bonds. The van der Waals surface area contributed by atoms with Gasteiger partial charge in [-0.05, 0) is 32.4 Å². The minimum Gasteiger partial charge on any atom is -0.477 e. The first kappa shape index (κ1) is 24.2. The zero-order valence-corrected chi connectivity index (χ0v) is 19.9. The van der Waals surface area contributed by atoms with Gasteiger partial charge in [0.05, 0.1) is 30.8 Å². The van der Waals surface area contributed by atoms with Crippen LogP contribution in [-0.4, -0.2) is 50.0 Å². The van der Waals surface area contributed by atoms with Crippen LogP contribution in [0.3, 0.4) is 0 Å². The summed E-state index contributed by atoms with van der Waals surface area (Å²) in [6.07, 6.45) is 4.41. The molecule has 0 saturated heterocycles. The van der Waals surface area contributed by atoms with E-state index in [2.05, 4.69) is 25.4 Å². The number of anilines is 2. The molecule has 0 bridgehead atoms. The van der Waals surface area contributed by atoms with Crippen LogP contribution in [0, 0.1) is 0 Å². The molecular formula is C22H28ClN7O3. The van der Waals surface area contributed by atoms with Crippen LogP contribution in [0.25, 0.3) is 11.4 Å². The van der Waals surface area contributed by atoms with Gasteiger partial charge in [-0.15, -0.1) is 0 Å². The van der Waals surface area contributed by atoms with Crippen LogP contribution in [0.1, 0.15) is 43.2 Å². The first-order valence-electron chi connectivity index (χ1n) is 10.7. The molecule has 0 aliphatic carbocycles. The quantitative estimate of drug-likeness (QED) is 0.335. The summed E-state index contributed by atoms with van der Waals surface area (Å²) in [6, 6.07) is 3.22. The summed E-state index contributed by atoms with van der Waals surface area (Å²) in [5.74, 6) is 0.931. The molecule has 0 aromatic carbocycles. The number of hydrogen-bond donors (Lipinski definition) is 2. The van der Waals surface area contributed by atoms with Gasteiger partial charge in [-0.1, -0.05) is 18.5 Å². The number of aryl methyl sites for hydroxylation is 2. The van der Waals surface area contributed by atoms with E-state index >= 15 is 0 Å². The predicted molar refractivity (Wildman–Crippen MR) is 126 cm³/mol. The second-order valence-corrected chi connectivity index (χ2v) is 7.75. The first-order valence-corrected chi connectivity index (χ1v) is 11.1. The maximum absolute atomic E-state index is 12.5. The first-order chi connectivity index (χ1) is 15.8. The number of carbonyl (C=O) groups excluding carboxylic acids is 1. The van der Waals surface area contributed by atoms with Crippen LogP contribution in [0.4, 0.5) is 11.5 Å². The van der Waals surface area contributed by atoms with Crippen molar-refractivity contribution in [2.75, 3.05) is 24.3 Å². The zero-order chi connectivity index (χ0) is 24.0. The van der Waals surface area contributed by atoms with E-state index in [1.54, 1.807) is 43.2 Å². The maximum Gasteiger partial charge on any atom is 0.342 e. The zero-order valence-electron chi connectivity index (χ0n) is 19.1. The number of halogens is 1. The van der Waals surface area contributed by atoms with Crippen molar-refractivity contribution in [3.05, 3.63) is 40.9 Å². The summed E-state index contributed by atoms with van der Waals surface area (Å²) in [6.45, 7) is 6.33. The fourth-order valence-corrected chi connectivity index (χ4v) is 3.50. The third kappa shape index (κ3) is 5.89. The molecule has 176 valence electrons. The Morgan fingerprint density at radius 1 is 1.33 bits per heavy atom. The van der Waals surface area contributed by atoms with Crippen LogP contribution in [0.2, 0.25) is 5.15 Å². The number of nitrogens with one attached hydrogen (secondary N) is 1. The van der Waals surface area contributed by atoms with Crippen molar-refractivity contribution in [1.29, 1.82) is 0 Å². The van der Waals surface area contributed by atoms with Gasteiger partial charge in [-0.2, -0.15) is 5.10 Å². The number of rotatable bonds is 10. The highest BCUT2D eigenvalue weighted by Gasteiger charge is 2.21. The lowest BCUT2D eigenvalue weighted by Gasteiger charge is -2.19. The Hall–Kier alpha value is -3.40. The Bertz CT molecular complexity index is 1120. The highest BCUT2D eigenvalue weighted by Crippen LogP contribution is 2.28. The summed E-state index contributed by atoms with van der Waals surface area (Å²) in [7, 11) is 1.78. The molecule has 3 rings (SSSR count). The Morgan fingerprint density at radius 3 is 2.82 bits per heavy atom. The molecule has 0 fully saturated rings. The summed E-state index contributed by atoms with van der Waals surface area (Å²) < 4.78 is 12.8.